The Morgan fingerprint density at radius 1 is 1.00 bits per heavy atom. The van der Waals surface area contributed by atoms with Crippen molar-refractivity contribution in [3.05, 3.63) is 59.5 Å². The monoisotopic (exact) mass is 281 g/mol. The topological polar surface area (TPSA) is 25.2 Å². The molecule has 1 heterocycles. The summed E-state index contributed by atoms with van der Waals surface area (Å²) < 4.78 is 5.56. The fourth-order valence-electron chi connectivity index (χ4n) is 4.33. The number of hydrogen-bond donors (Lipinski definition) is 1. The lowest BCUT2D eigenvalue weighted by molar-refractivity contribution is 0.296. The molecule has 1 N–H and O–H groups in total. The zero-order valence-corrected chi connectivity index (χ0v) is 12.6. The van der Waals surface area contributed by atoms with E-state index in [1.54, 1.807) is 17.4 Å². The van der Waals surface area contributed by atoms with Crippen LogP contribution in [0.1, 0.15) is 42.7 Å². The van der Waals surface area contributed by atoms with Crippen LogP contribution in [0.25, 0.3) is 0 Å². The second kappa shape index (κ2) is 5.34. The number of hydrogen-bond acceptors (Lipinski definition) is 2. The third-order valence-electron chi connectivity index (χ3n) is 5.42. The van der Waals surface area contributed by atoms with E-state index in [1.807, 2.05) is 6.07 Å². The maximum absolute atomic E-state index is 5.56. The van der Waals surface area contributed by atoms with Gasteiger partial charge in [-0.15, -0.1) is 0 Å². The van der Waals surface area contributed by atoms with Gasteiger partial charge in [-0.3, -0.25) is 0 Å². The van der Waals surface area contributed by atoms with E-state index in [-0.39, 0.29) is 0 Å². The zero-order valence-electron chi connectivity index (χ0n) is 12.6. The number of furan rings is 1. The maximum Gasteiger partial charge on any atom is 0.120 e. The number of fused-ring (bicyclic) bond motifs is 3. The molecule has 1 saturated carbocycles. The van der Waals surface area contributed by atoms with E-state index < -0.39 is 0 Å². The van der Waals surface area contributed by atoms with E-state index in [0.717, 1.165) is 17.6 Å². The molecule has 2 aliphatic carbocycles. The van der Waals surface area contributed by atoms with Crippen molar-refractivity contribution in [2.24, 2.45) is 11.8 Å². The summed E-state index contributed by atoms with van der Waals surface area (Å²) in [6.07, 6.45) is 6.96. The van der Waals surface area contributed by atoms with Crippen molar-refractivity contribution in [1.29, 1.82) is 0 Å². The quantitative estimate of drug-likeness (QED) is 0.915. The SMILES string of the molecule is CC(NC1C2CCC1Cc1ccccc1C2)c1ccco1. The average molecular weight is 281 g/mol. The van der Waals surface area contributed by atoms with Gasteiger partial charge in [0.2, 0.25) is 0 Å². The van der Waals surface area contributed by atoms with Crippen LogP contribution in [0.3, 0.4) is 0 Å². The lowest BCUT2D eigenvalue weighted by Crippen LogP contribution is -2.39. The molecule has 1 fully saturated rings. The van der Waals surface area contributed by atoms with E-state index in [4.69, 9.17) is 4.42 Å². The summed E-state index contributed by atoms with van der Waals surface area (Å²) in [6, 6.07) is 14.0. The molecule has 110 valence electrons. The van der Waals surface area contributed by atoms with Crippen molar-refractivity contribution in [2.75, 3.05) is 0 Å². The number of nitrogens with one attached hydrogen (secondary N) is 1. The van der Waals surface area contributed by atoms with Crippen molar-refractivity contribution in [1.82, 2.24) is 5.32 Å². The van der Waals surface area contributed by atoms with Gasteiger partial charge in [-0.05, 0) is 67.7 Å². The highest BCUT2D eigenvalue weighted by Gasteiger charge is 2.39. The number of benzene rings is 1. The Balaban J connectivity index is 1.55. The van der Waals surface area contributed by atoms with Gasteiger partial charge in [-0.1, -0.05) is 24.3 Å². The van der Waals surface area contributed by atoms with E-state index in [0.29, 0.717) is 12.1 Å². The Morgan fingerprint density at radius 3 is 2.24 bits per heavy atom. The van der Waals surface area contributed by atoms with Gasteiger partial charge in [0.25, 0.3) is 0 Å². The minimum Gasteiger partial charge on any atom is -0.468 e. The van der Waals surface area contributed by atoms with Crippen molar-refractivity contribution < 1.29 is 4.42 Å². The zero-order chi connectivity index (χ0) is 14.2. The number of rotatable bonds is 3. The molecule has 4 rings (SSSR count). The summed E-state index contributed by atoms with van der Waals surface area (Å²) in [5, 5.41) is 3.86. The summed E-state index contributed by atoms with van der Waals surface area (Å²) in [5.74, 6) is 2.60. The lowest BCUT2D eigenvalue weighted by atomic mass is 9.94. The first-order chi connectivity index (χ1) is 10.3. The summed E-state index contributed by atoms with van der Waals surface area (Å²) >= 11 is 0. The molecule has 2 bridgehead atoms. The summed E-state index contributed by atoms with van der Waals surface area (Å²) in [6.45, 7) is 2.22. The van der Waals surface area contributed by atoms with Gasteiger partial charge in [0.05, 0.1) is 12.3 Å². The molecule has 3 atom stereocenters. The van der Waals surface area contributed by atoms with Crippen LogP contribution >= 0.6 is 0 Å². The Morgan fingerprint density at radius 2 is 1.67 bits per heavy atom. The molecule has 0 spiro atoms. The largest absolute Gasteiger partial charge is 0.468 e. The normalized spacial score (nSPS) is 28.9. The van der Waals surface area contributed by atoms with Crippen LogP contribution in [0.15, 0.2) is 47.1 Å². The van der Waals surface area contributed by atoms with Crippen molar-refractivity contribution in [2.45, 2.75) is 44.7 Å². The van der Waals surface area contributed by atoms with Crippen molar-refractivity contribution >= 4 is 0 Å². The predicted molar refractivity (Wildman–Crippen MR) is 84.1 cm³/mol. The highest BCUT2D eigenvalue weighted by atomic mass is 16.3. The molecule has 1 aromatic carbocycles. The van der Waals surface area contributed by atoms with Crippen molar-refractivity contribution in [3.8, 4) is 0 Å². The first kappa shape index (κ1) is 13.1. The van der Waals surface area contributed by atoms with Gasteiger partial charge in [-0.25, -0.2) is 0 Å². The Bertz CT molecular complexity index is 571. The predicted octanol–water partition coefficient (Wildman–Crippen LogP) is 4.12. The first-order valence-electron chi connectivity index (χ1n) is 8.17. The third-order valence-corrected chi connectivity index (χ3v) is 5.42. The van der Waals surface area contributed by atoms with E-state index in [2.05, 4.69) is 42.6 Å². The smallest absolute Gasteiger partial charge is 0.120 e. The highest BCUT2D eigenvalue weighted by molar-refractivity contribution is 5.31. The molecule has 0 aliphatic heterocycles. The van der Waals surface area contributed by atoms with Gasteiger partial charge < -0.3 is 9.73 Å². The molecule has 2 aliphatic rings. The van der Waals surface area contributed by atoms with Gasteiger partial charge in [0.15, 0.2) is 0 Å². The van der Waals surface area contributed by atoms with Crippen LogP contribution in [0.2, 0.25) is 0 Å². The van der Waals surface area contributed by atoms with Crippen molar-refractivity contribution in [3.63, 3.8) is 0 Å². The molecule has 0 radical (unpaired) electrons. The first-order valence-corrected chi connectivity index (χ1v) is 8.17. The van der Waals surface area contributed by atoms with E-state index in [1.165, 1.54) is 25.7 Å². The van der Waals surface area contributed by atoms with Crippen LogP contribution in [-0.4, -0.2) is 6.04 Å². The summed E-state index contributed by atoms with van der Waals surface area (Å²) in [5.41, 5.74) is 3.14. The standard InChI is InChI=1S/C19H23NO/c1-13(18-7-4-10-21-18)20-19-16-8-9-17(19)12-15-6-3-2-5-14(15)11-16/h2-7,10,13,16-17,19-20H,8-9,11-12H2,1H3. The molecule has 2 nitrogen and oxygen atoms in total. The van der Waals surface area contributed by atoms with E-state index >= 15 is 0 Å². The van der Waals surface area contributed by atoms with Crippen LogP contribution in [-0.2, 0) is 12.8 Å². The Labute approximate surface area is 126 Å². The molecular formula is C19H23NO. The molecule has 2 heteroatoms. The van der Waals surface area contributed by atoms with Crippen LogP contribution < -0.4 is 5.32 Å². The molecular weight excluding hydrogens is 258 g/mol. The second-order valence-electron chi connectivity index (χ2n) is 6.70. The fraction of sp³-hybridized carbons (Fsp3) is 0.474. The summed E-state index contributed by atoms with van der Waals surface area (Å²) in [7, 11) is 0. The van der Waals surface area contributed by atoms with E-state index in [9.17, 15) is 0 Å². The Kier molecular flexibility index (Phi) is 3.34. The molecule has 21 heavy (non-hydrogen) atoms. The fourth-order valence-corrected chi connectivity index (χ4v) is 4.33. The molecule has 2 aromatic rings. The third kappa shape index (κ3) is 2.42. The Hall–Kier alpha value is -1.54. The van der Waals surface area contributed by atoms with Crippen LogP contribution in [0.5, 0.6) is 0 Å². The molecule has 1 aromatic heterocycles. The van der Waals surface area contributed by atoms with Gasteiger partial charge in [0.1, 0.15) is 5.76 Å². The average Bonchev–Trinajstić information content (AvgIpc) is 3.08. The van der Waals surface area contributed by atoms with Gasteiger partial charge >= 0.3 is 0 Å². The maximum atomic E-state index is 5.56. The molecule has 3 unspecified atom stereocenters. The minimum atomic E-state index is 0.300. The van der Waals surface area contributed by atoms with Gasteiger partial charge in [-0.2, -0.15) is 0 Å². The van der Waals surface area contributed by atoms with Crippen LogP contribution in [0.4, 0.5) is 0 Å². The highest BCUT2D eigenvalue weighted by Crippen LogP contribution is 2.40. The molecule has 0 amide bonds. The van der Waals surface area contributed by atoms with Gasteiger partial charge in [0, 0.05) is 6.04 Å². The second-order valence-corrected chi connectivity index (χ2v) is 6.70. The summed E-state index contributed by atoms with van der Waals surface area (Å²) in [4.78, 5) is 0. The lowest BCUT2D eigenvalue weighted by Gasteiger charge is -2.27. The van der Waals surface area contributed by atoms with Crippen LogP contribution in [0, 0.1) is 11.8 Å². The minimum absolute atomic E-state index is 0.300. The molecule has 0 saturated heterocycles.